The smallest absolute Gasteiger partial charge is 0.339 e. The van der Waals surface area contributed by atoms with E-state index in [9.17, 15) is 22.4 Å². The molecule has 0 N–H and O–H groups in total. The summed E-state index contributed by atoms with van der Waals surface area (Å²) in [5.74, 6) is -8.72. The maximum atomic E-state index is 14.1. The standard InChI is InChI=1S/C15H9ClF4O3/c1-22-14-12(19)10(17)9(11(18)13(14)20)6-3-4-8(16)7(5-6)15(21)23-2/h3-5H,1-2H3. The Bertz CT molecular complexity index is 764. The Morgan fingerprint density at radius 3 is 2.04 bits per heavy atom. The lowest BCUT2D eigenvalue weighted by molar-refractivity contribution is 0.0601. The van der Waals surface area contributed by atoms with Crippen LogP contribution in [0.25, 0.3) is 11.1 Å². The van der Waals surface area contributed by atoms with E-state index >= 15 is 0 Å². The minimum atomic E-state index is -1.68. The van der Waals surface area contributed by atoms with Crippen LogP contribution in [0.2, 0.25) is 5.02 Å². The number of rotatable bonds is 3. The molecule has 0 atom stereocenters. The average Bonchev–Trinajstić information content (AvgIpc) is 2.54. The predicted octanol–water partition coefficient (Wildman–Crippen LogP) is 4.36. The summed E-state index contributed by atoms with van der Waals surface area (Å²) in [6.07, 6.45) is 0. The molecule has 8 heteroatoms. The summed E-state index contributed by atoms with van der Waals surface area (Å²) in [4.78, 5) is 11.6. The van der Waals surface area contributed by atoms with Gasteiger partial charge in [-0.15, -0.1) is 0 Å². The van der Waals surface area contributed by atoms with Gasteiger partial charge in [-0.05, 0) is 17.7 Å². The molecule has 0 unspecified atom stereocenters. The fraction of sp³-hybridized carbons (Fsp3) is 0.133. The van der Waals surface area contributed by atoms with E-state index < -0.39 is 40.6 Å². The molecule has 0 saturated heterocycles. The summed E-state index contributed by atoms with van der Waals surface area (Å²) in [6, 6.07) is 3.24. The molecule has 2 aromatic carbocycles. The zero-order valence-electron chi connectivity index (χ0n) is 11.8. The van der Waals surface area contributed by atoms with Crippen LogP contribution in [0.5, 0.6) is 5.75 Å². The minimum absolute atomic E-state index is 0.0455. The van der Waals surface area contributed by atoms with Gasteiger partial charge in [-0.2, -0.15) is 8.78 Å². The highest BCUT2D eigenvalue weighted by Gasteiger charge is 2.27. The van der Waals surface area contributed by atoms with Crippen LogP contribution in [0.3, 0.4) is 0 Å². The Balaban J connectivity index is 2.75. The van der Waals surface area contributed by atoms with Crippen LogP contribution in [0.4, 0.5) is 17.6 Å². The van der Waals surface area contributed by atoms with Crippen molar-refractivity contribution in [1.82, 2.24) is 0 Å². The largest absolute Gasteiger partial charge is 0.491 e. The van der Waals surface area contributed by atoms with Gasteiger partial charge in [0, 0.05) is 0 Å². The van der Waals surface area contributed by atoms with Gasteiger partial charge in [0.2, 0.25) is 11.6 Å². The molecule has 0 aliphatic rings. The molecule has 0 aromatic heterocycles. The van der Waals surface area contributed by atoms with E-state index in [0.717, 1.165) is 32.4 Å². The van der Waals surface area contributed by atoms with Crippen LogP contribution >= 0.6 is 11.6 Å². The van der Waals surface area contributed by atoms with E-state index in [2.05, 4.69) is 9.47 Å². The van der Waals surface area contributed by atoms with E-state index in [-0.39, 0.29) is 16.1 Å². The summed E-state index contributed by atoms with van der Waals surface area (Å²) in [5.41, 5.74) is -1.48. The lowest BCUT2D eigenvalue weighted by atomic mass is 10.0. The van der Waals surface area contributed by atoms with Crippen molar-refractivity contribution in [2.24, 2.45) is 0 Å². The summed E-state index contributed by atoms with van der Waals surface area (Å²) in [7, 11) is 1.96. The van der Waals surface area contributed by atoms with Crippen LogP contribution in [0.15, 0.2) is 18.2 Å². The summed E-state index contributed by atoms with van der Waals surface area (Å²) >= 11 is 5.79. The first kappa shape index (κ1) is 17.1. The van der Waals surface area contributed by atoms with Gasteiger partial charge in [0.05, 0.1) is 30.4 Å². The molecular formula is C15H9ClF4O3. The van der Waals surface area contributed by atoms with Crippen molar-refractivity contribution in [1.29, 1.82) is 0 Å². The molecule has 0 heterocycles. The molecule has 3 nitrogen and oxygen atoms in total. The normalized spacial score (nSPS) is 10.6. The fourth-order valence-electron chi connectivity index (χ4n) is 1.99. The number of carbonyl (C=O) groups excluding carboxylic acids is 1. The zero-order chi connectivity index (χ0) is 17.3. The van der Waals surface area contributed by atoms with Gasteiger partial charge in [-0.3, -0.25) is 0 Å². The summed E-state index contributed by atoms with van der Waals surface area (Å²) < 4.78 is 64.5. The minimum Gasteiger partial charge on any atom is -0.491 e. The van der Waals surface area contributed by atoms with E-state index in [1.165, 1.54) is 0 Å². The van der Waals surface area contributed by atoms with Crippen molar-refractivity contribution in [3.05, 3.63) is 52.1 Å². The SMILES string of the molecule is COC(=O)c1cc(-c2c(F)c(F)c(OC)c(F)c2F)ccc1Cl. The lowest BCUT2D eigenvalue weighted by Gasteiger charge is -2.12. The third-order valence-corrected chi connectivity index (χ3v) is 3.42. The second-order valence-electron chi connectivity index (χ2n) is 4.35. The van der Waals surface area contributed by atoms with Gasteiger partial charge in [0.15, 0.2) is 17.4 Å². The number of hydrogen-bond acceptors (Lipinski definition) is 3. The third kappa shape index (κ3) is 2.84. The van der Waals surface area contributed by atoms with E-state index in [4.69, 9.17) is 11.6 Å². The van der Waals surface area contributed by atoms with Crippen molar-refractivity contribution >= 4 is 17.6 Å². The monoisotopic (exact) mass is 348 g/mol. The molecule has 2 rings (SSSR count). The van der Waals surface area contributed by atoms with Gasteiger partial charge < -0.3 is 9.47 Å². The highest BCUT2D eigenvalue weighted by Crippen LogP contribution is 2.36. The van der Waals surface area contributed by atoms with Crippen molar-refractivity contribution in [2.45, 2.75) is 0 Å². The van der Waals surface area contributed by atoms with Gasteiger partial charge in [0.1, 0.15) is 0 Å². The van der Waals surface area contributed by atoms with Gasteiger partial charge in [-0.25, -0.2) is 13.6 Å². The first-order valence-electron chi connectivity index (χ1n) is 6.11. The van der Waals surface area contributed by atoms with Crippen LogP contribution < -0.4 is 4.74 Å². The number of carbonyl (C=O) groups is 1. The quantitative estimate of drug-likeness (QED) is 0.470. The Morgan fingerprint density at radius 1 is 1.00 bits per heavy atom. The van der Waals surface area contributed by atoms with Crippen molar-refractivity contribution in [2.75, 3.05) is 14.2 Å². The average molecular weight is 349 g/mol. The molecular weight excluding hydrogens is 340 g/mol. The Morgan fingerprint density at radius 2 is 1.57 bits per heavy atom. The predicted molar refractivity (Wildman–Crippen MR) is 74.6 cm³/mol. The Hall–Kier alpha value is -2.28. The molecule has 2 aromatic rings. The molecule has 0 aliphatic carbocycles. The molecule has 0 aliphatic heterocycles. The Kier molecular flexibility index (Phi) is 4.79. The number of ether oxygens (including phenoxy) is 2. The van der Waals surface area contributed by atoms with E-state index in [1.807, 2.05) is 0 Å². The number of halogens is 5. The number of methoxy groups -OCH3 is 2. The third-order valence-electron chi connectivity index (χ3n) is 3.09. The highest BCUT2D eigenvalue weighted by molar-refractivity contribution is 6.33. The number of benzene rings is 2. The van der Waals surface area contributed by atoms with Crippen molar-refractivity contribution < 1.29 is 31.8 Å². The van der Waals surface area contributed by atoms with E-state index in [0.29, 0.717) is 0 Å². The summed E-state index contributed by atoms with van der Waals surface area (Å²) in [6.45, 7) is 0. The second kappa shape index (κ2) is 6.45. The number of hydrogen-bond donors (Lipinski definition) is 0. The van der Waals surface area contributed by atoms with Gasteiger partial charge >= 0.3 is 5.97 Å². The molecule has 0 radical (unpaired) electrons. The van der Waals surface area contributed by atoms with Crippen molar-refractivity contribution in [3.8, 4) is 16.9 Å². The maximum absolute atomic E-state index is 14.1. The van der Waals surface area contributed by atoms with Gasteiger partial charge in [0.25, 0.3) is 0 Å². The number of esters is 1. The fourth-order valence-corrected chi connectivity index (χ4v) is 2.19. The molecule has 0 spiro atoms. The zero-order valence-corrected chi connectivity index (χ0v) is 12.6. The lowest BCUT2D eigenvalue weighted by Crippen LogP contribution is -2.06. The molecule has 0 fully saturated rings. The second-order valence-corrected chi connectivity index (χ2v) is 4.76. The summed E-state index contributed by atoms with van der Waals surface area (Å²) in [5, 5.41) is -0.0455. The molecule has 0 amide bonds. The first-order chi connectivity index (χ1) is 10.8. The van der Waals surface area contributed by atoms with Crippen LogP contribution in [0.1, 0.15) is 10.4 Å². The highest BCUT2D eigenvalue weighted by atomic mass is 35.5. The molecule has 0 bridgehead atoms. The molecule has 122 valence electrons. The maximum Gasteiger partial charge on any atom is 0.339 e. The first-order valence-corrected chi connectivity index (χ1v) is 6.49. The van der Waals surface area contributed by atoms with E-state index in [1.54, 1.807) is 0 Å². The molecule has 23 heavy (non-hydrogen) atoms. The topological polar surface area (TPSA) is 35.5 Å². The van der Waals surface area contributed by atoms with Crippen molar-refractivity contribution in [3.63, 3.8) is 0 Å². The molecule has 0 saturated carbocycles. The van der Waals surface area contributed by atoms with Crippen LogP contribution in [-0.4, -0.2) is 20.2 Å². The Labute approximate surface area is 133 Å². The van der Waals surface area contributed by atoms with Crippen LogP contribution in [0, 0.1) is 23.3 Å². The van der Waals surface area contributed by atoms with Crippen LogP contribution in [-0.2, 0) is 4.74 Å². The van der Waals surface area contributed by atoms with Gasteiger partial charge in [-0.1, -0.05) is 17.7 Å².